The van der Waals surface area contributed by atoms with Gasteiger partial charge in [-0.05, 0) is 20.3 Å². The molecule has 1 aliphatic heterocycles. The number of imidazole rings is 1. The Balaban J connectivity index is 1.54. The normalized spacial score (nSPS) is 15.8. The maximum atomic E-state index is 12.5. The van der Waals surface area contributed by atoms with E-state index in [4.69, 9.17) is 0 Å². The van der Waals surface area contributed by atoms with E-state index in [2.05, 4.69) is 36.7 Å². The van der Waals surface area contributed by atoms with E-state index in [9.17, 15) is 4.79 Å². The monoisotopic (exact) mass is 343 g/mol. The lowest BCUT2D eigenvalue weighted by atomic mass is 10.3. The van der Waals surface area contributed by atoms with Gasteiger partial charge in [-0.1, -0.05) is 0 Å². The molecule has 3 heterocycles. The second-order valence-corrected chi connectivity index (χ2v) is 6.20. The summed E-state index contributed by atoms with van der Waals surface area (Å²) in [5.74, 6) is 1.77. The number of aromatic nitrogens is 4. The van der Waals surface area contributed by atoms with Crippen LogP contribution in [-0.4, -0.2) is 61.5 Å². The standard InChI is InChI=1S/C17H25N7O/c1-3-23-8-5-18-16(23)13-22-6-4-7-24(10-9-22)17(25)21-15-11-19-14(2)20-12-15/h5,8,11-12H,3-4,6-7,9-10,13H2,1-2H3,(H,21,25). The zero-order chi connectivity index (χ0) is 17.6. The topological polar surface area (TPSA) is 79.2 Å². The summed E-state index contributed by atoms with van der Waals surface area (Å²) in [5, 5.41) is 2.87. The van der Waals surface area contributed by atoms with Gasteiger partial charge in [0.2, 0.25) is 0 Å². The number of nitrogens with zero attached hydrogens (tertiary/aromatic N) is 6. The van der Waals surface area contributed by atoms with Gasteiger partial charge in [-0.3, -0.25) is 4.90 Å². The summed E-state index contributed by atoms with van der Waals surface area (Å²) in [7, 11) is 0. The van der Waals surface area contributed by atoms with Crippen LogP contribution in [0.3, 0.4) is 0 Å². The highest BCUT2D eigenvalue weighted by molar-refractivity contribution is 5.88. The van der Waals surface area contributed by atoms with Crippen LogP contribution in [0.4, 0.5) is 10.5 Å². The summed E-state index contributed by atoms with van der Waals surface area (Å²) >= 11 is 0. The molecule has 8 heteroatoms. The summed E-state index contributed by atoms with van der Waals surface area (Å²) in [6.07, 6.45) is 8.07. The molecule has 0 radical (unpaired) electrons. The zero-order valence-electron chi connectivity index (χ0n) is 14.9. The van der Waals surface area contributed by atoms with Crippen molar-refractivity contribution in [1.29, 1.82) is 0 Å². The van der Waals surface area contributed by atoms with E-state index in [1.807, 2.05) is 24.2 Å². The first kappa shape index (κ1) is 17.3. The Hall–Kier alpha value is -2.48. The molecule has 2 amide bonds. The summed E-state index contributed by atoms with van der Waals surface area (Å²) < 4.78 is 2.16. The fourth-order valence-corrected chi connectivity index (χ4v) is 2.97. The van der Waals surface area contributed by atoms with Crippen LogP contribution in [0.5, 0.6) is 0 Å². The molecule has 0 aliphatic carbocycles. The van der Waals surface area contributed by atoms with Crippen LogP contribution < -0.4 is 5.32 Å². The number of carbonyl (C=O) groups excluding carboxylic acids is 1. The minimum Gasteiger partial charge on any atom is -0.334 e. The highest BCUT2D eigenvalue weighted by Gasteiger charge is 2.20. The third-order valence-corrected chi connectivity index (χ3v) is 4.42. The average molecular weight is 343 g/mol. The molecule has 1 saturated heterocycles. The van der Waals surface area contributed by atoms with Crippen LogP contribution in [0, 0.1) is 6.92 Å². The van der Waals surface area contributed by atoms with Gasteiger partial charge in [0.25, 0.3) is 0 Å². The number of aryl methyl sites for hydroxylation is 2. The molecule has 3 rings (SSSR count). The Morgan fingerprint density at radius 1 is 1.16 bits per heavy atom. The lowest BCUT2D eigenvalue weighted by Crippen LogP contribution is -2.38. The number of hydrogen-bond donors (Lipinski definition) is 1. The first-order valence-corrected chi connectivity index (χ1v) is 8.72. The van der Waals surface area contributed by atoms with E-state index < -0.39 is 0 Å². The summed E-state index contributed by atoms with van der Waals surface area (Å²) in [6, 6.07) is -0.0932. The maximum Gasteiger partial charge on any atom is 0.321 e. The molecule has 0 spiro atoms. The number of carbonyl (C=O) groups is 1. The number of anilines is 1. The van der Waals surface area contributed by atoms with Crippen LogP contribution in [-0.2, 0) is 13.1 Å². The van der Waals surface area contributed by atoms with Crippen LogP contribution >= 0.6 is 0 Å². The highest BCUT2D eigenvalue weighted by atomic mass is 16.2. The molecule has 0 bridgehead atoms. The molecule has 2 aromatic heterocycles. The van der Waals surface area contributed by atoms with Crippen molar-refractivity contribution >= 4 is 11.7 Å². The molecule has 8 nitrogen and oxygen atoms in total. The van der Waals surface area contributed by atoms with Crippen molar-refractivity contribution in [2.75, 3.05) is 31.5 Å². The van der Waals surface area contributed by atoms with Gasteiger partial charge < -0.3 is 14.8 Å². The van der Waals surface area contributed by atoms with Crippen molar-refractivity contribution in [2.45, 2.75) is 33.4 Å². The van der Waals surface area contributed by atoms with Gasteiger partial charge in [0, 0.05) is 45.1 Å². The van der Waals surface area contributed by atoms with Gasteiger partial charge in [0.05, 0.1) is 24.6 Å². The van der Waals surface area contributed by atoms with Crippen molar-refractivity contribution in [2.24, 2.45) is 0 Å². The molecule has 0 unspecified atom stereocenters. The van der Waals surface area contributed by atoms with Gasteiger partial charge >= 0.3 is 6.03 Å². The molecule has 0 saturated carbocycles. The van der Waals surface area contributed by atoms with E-state index in [-0.39, 0.29) is 6.03 Å². The second-order valence-electron chi connectivity index (χ2n) is 6.20. The smallest absolute Gasteiger partial charge is 0.321 e. The largest absolute Gasteiger partial charge is 0.334 e. The molecule has 1 fully saturated rings. The van der Waals surface area contributed by atoms with Crippen molar-refractivity contribution in [3.8, 4) is 0 Å². The van der Waals surface area contributed by atoms with Gasteiger partial charge in [-0.2, -0.15) is 0 Å². The van der Waals surface area contributed by atoms with Gasteiger partial charge in [0.1, 0.15) is 11.6 Å². The van der Waals surface area contributed by atoms with Crippen LogP contribution in [0.2, 0.25) is 0 Å². The predicted molar refractivity (Wildman–Crippen MR) is 95.2 cm³/mol. The van der Waals surface area contributed by atoms with E-state index in [1.54, 1.807) is 12.4 Å². The van der Waals surface area contributed by atoms with Crippen LogP contribution in [0.25, 0.3) is 0 Å². The Labute approximate surface area is 147 Å². The lowest BCUT2D eigenvalue weighted by Gasteiger charge is -2.22. The first-order valence-electron chi connectivity index (χ1n) is 8.72. The molecule has 0 atom stereocenters. The molecule has 25 heavy (non-hydrogen) atoms. The van der Waals surface area contributed by atoms with E-state index in [0.29, 0.717) is 18.1 Å². The van der Waals surface area contributed by atoms with Crippen LogP contribution in [0.15, 0.2) is 24.8 Å². The third-order valence-electron chi connectivity index (χ3n) is 4.42. The van der Waals surface area contributed by atoms with E-state index in [1.165, 1.54) is 0 Å². The highest BCUT2D eigenvalue weighted by Crippen LogP contribution is 2.10. The molecule has 1 N–H and O–H groups in total. The number of hydrogen-bond acceptors (Lipinski definition) is 5. The first-order chi connectivity index (χ1) is 12.2. The number of nitrogens with one attached hydrogen (secondary N) is 1. The van der Waals surface area contributed by atoms with Crippen molar-refractivity contribution < 1.29 is 4.79 Å². The zero-order valence-corrected chi connectivity index (χ0v) is 14.9. The number of rotatable bonds is 4. The predicted octanol–water partition coefficient (Wildman–Crippen LogP) is 1.74. The molecular weight excluding hydrogens is 318 g/mol. The minimum absolute atomic E-state index is 0.0932. The molecule has 1 aliphatic rings. The Morgan fingerprint density at radius 2 is 1.96 bits per heavy atom. The third kappa shape index (κ3) is 4.54. The van der Waals surface area contributed by atoms with Crippen molar-refractivity contribution in [3.05, 3.63) is 36.4 Å². The average Bonchev–Trinajstić information content (AvgIpc) is 2.92. The number of urea groups is 1. The van der Waals surface area contributed by atoms with Gasteiger partial charge in [0.15, 0.2) is 0 Å². The summed E-state index contributed by atoms with van der Waals surface area (Å²) in [6.45, 7) is 8.94. The SMILES string of the molecule is CCn1ccnc1CN1CCCN(C(=O)Nc2cnc(C)nc2)CC1. The fourth-order valence-electron chi connectivity index (χ4n) is 2.97. The minimum atomic E-state index is -0.0932. The molecule has 0 aromatic carbocycles. The van der Waals surface area contributed by atoms with Gasteiger partial charge in [-0.25, -0.2) is 19.7 Å². The quantitative estimate of drug-likeness (QED) is 0.915. The molecular formula is C17H25N7O. The summed E-state index contributed by atoms with van der Waals surface area (Å²) in [4.78, 5) is 29.3. The molecule has 134 valence electrons. The number of amides is 2. The Kier molecular flexibility index (Phi) is 5.60. The maximum absolute atomic E-state index is 12.5. The molecule has 2 aromatic rings. The van der Waals surface area contributed by atoms with Crippen molar-refractivity contribution in [1.82, 2.24) is 29.3 Å². The van der Waals surface area contributed by atoms with Crippen molar-refractivity contribution in [3.63, 3.8) is 0 Å². The Morgan fingerprint density at radius 3 is 2.72 bits per heavy atom. The fraction of sp³-hybridized carbons (Fsp3) is 0.529. The van der Waals surface area contributed by atoms with E-state index >= 15 is 0 Å². The Bertz CT molecular complexity index is 697. The summed E-state index contributed by atoms with van der Waals surface area (Å²) in [5.41, 5.74) is 0.627. The van der Waals surface area contributed by atoms with Crippen LogP contribution in [0.1, 0.15) is 25.0 Å². The second kappa shape index (κ2) is 8.06. The van der Waals surface area contributed by atoms with Gasteiger partial charge in [-0.15, -0.1) is 0 Å². The lowest BCUT2D eigenvalue weighted by molar-refractivity contribution is 0.210. The van der Waals surface area contributed by atoms with E-state index in [0.717, 1.165) is 45.0 Å².